The first-order valence-electron chi connectivity index (χ1n) is 9.83. The van der Waals surface area contributed by atoms with Gasteiger partial charge in [-0.3, -0.25) is 14.5 Å². The minimum atomic E-state index is -0.727. The van der Waals surface area contributed by atoms with Crippen LogP contribution in [0, 0.1) is 5.82 Å². The molecule has 0 aliphatic carbocycles. The van der Waals surface area contributed by atoms with Gasteiger partial charge in [0.15, 0.2) is 0 Å². The van der Waals surface area contributed by atoms with Crippen LogP contribution >= 0.6 is 0 Å². The molecule has 2 amide bonds. The van der Waals surface area contributed by atoms with Crippen molar-refractivity contribution in [3.8, 4) is 5.75 Å². The molecule has 0 radical (unpaired) electrons. The van der Waals surface area contributed by atoms with Gasteiger partial charge < -0.3 is 20.1 Å². The summed E-state index contributed by atoms with van der Waals surface area (Å²) in [6.07, 6.45) is 0. The number of hydrogen-bond donors (Lipinski definition) is 2. The third-order valence-corrected chi connectivity index (χ3v) is 5.02. The first-order chi connectivity index (χ1) is 14.6. The van der Waals surface area contributed by atoms with Gasteiger partial charge in [-0.2, -0.15) is 0 Å². The fourth-order valence-corrected chi connectivity index (χ4v) is 3.31. The van der Waals surface area contributed by atoms with Crippen LogP contribution in [0.5, 0.6) is 5.75 Å². The van der Waals surface area contributed by atoms with Crippen molar-refractivity contribution in [3.05, 3.63) is 65.5 Å². The van der Waals surface area contributed by atoms with E-state index in [9.17, 15) is 14.0 Å². The Morgan fingerprint density at radius 1 is 1.03 bits per heavy atom. The van der Waals surface area contributed by atoms with E-state index in [2.05, 4.69) is 15.5 Å². The summed E-state index contributed by atoms with van der Waals surface area (Å²) in [6, 6.07) is 13.3. The number of rotatable bonds is 7. The van der Waals surface area contributed by atoms with Crippen LogP contribution < -0.4 is 15.4 Å². The molecule has 3 rings (SSSR count). The molecule has 1 saturated heterocycles. The third-order valence-electron chi connectivity index (χ3n) is 5.02. The van der Waals surface area contributed by atoms with Crippen LogP contribution in [-0.4, -0.2) is 56.7 Å². The second-order valence-electron chi connectivity index (χ2n) is 6.96. The molecular formula is C22H26FN3O4. The molecule has 1 aliphatic rings. The largest absolute Gasteiger partial charge is 0.497 e. The number of carbonyl (C=O) groups is 2. The van der Waals surface area contributed by atoms with Crippen molar-refractivity contribution >= 4 is 11.8 Å². The Hall–Kier alpha value is -2.97. The average Bonchev–Trinajstić information content (AvgIpc) is 2.79. The zero-order chi connectivity index (χ0) is 21.3. The smallest absolute Gasteiger partial charge is 0.309 e. The van der Waals surface area contributed by atoms with E-state index in [-0.39, 0.29) is 24.9 Å². The molecule has 8 heteroatoms. The molecule has 2 aromatic carbocycles. The van der Waals surface area contributed by atoms with Crippen molar-refractivity contribution in [2.45, 2.75) is 12.6 Å². The number of benzene rings is 2. The zero-order valence-corrected chi connectivity index (χ0v) is 16.9. The van der Waals surface area contributed by atoms with Crippen LogP contribution in [0.4, 0.5) is 4.39 Å². The van der Waals surface area contributed by atoms with E-state index < -0.39 is 11.8 Å². The molecule has 2 N–H and O–H groups in total. The second kappa shape index (κ2) is 10.7. The lowest BCUT2D eigenvalue weighted by Crippen LogP contribution is -2.46. The Kier molecular flexibility index (Phi) is 7.75. The van der Waals surface area contributed by atoms with Gasteiger partial charge in [0.25, 0.3) is 0 Å². The van der Waals surface area contributed by atoms with Gasteiger partial charge in [0.1, 0.15) is 11.6 Å². The topological polar surface area (TPSA) is 79.9 Å². The Labute approximate surface area is 175 Å². The summed E-state index contributed by atoms with van der Waals surface area (Å²) in [5.41, 5.74) is 1.73. The van der Waals surface area contributed by atoms with E-state index in [1.807, 2.05) is 24.3 Å². The van der Waals surface area contributed by atoms with Gasteiger partial charge in [0.05, 0.1) is 26.4 Å². The van der Waals surface area contributed by atoms with E-state index in [1.165, 1.54) is 12.1 Å². The number of hydrogen-bond acceptors (Lipinski definition) is 5. The molecule has 1 atom stereocenters. The number of nitrogens with one attached hydrogen (secondary N) is 2. The van der Waals surface area contributed by atoms with Crippen molar-refractivity contribution in [3.63, 3.8) is 0 Å². The lowest BCUT2D eigenvalue weighted by atomic mass is 10.0. The summed E-state index contributed by atoms with van der Waals surface area (Å²) in [5, 5.41) is 5.28. The predicted octanol–water partition coefficient (Wildman–Crippen LogP) is 1.64. The molecular weight excluding hydrogens is 389 g/mol. The number of halogens is 1. The maximum atomic E-state index is 13.0. The minimum Gasteiger partial charge on any atom is -0.497 e. The van der Waals surface area contributed by atoms with Crippen molar-refractivity contribution in [1.82, 2.24) is 15.5 Å². The van der Waals surface area contributed by atoms with E-state index in [4.69, 9.17) is 9.47 Å². The van der Waals surface area contributed by atoms with Crippen molar-refractivity contribution in [1.29, 1.82) is 0 Å². The Morgan fingerprint density at radius 3 is 2.30 bits per heavy atom. The van der Waals surface area contributed by atoms with Crippen molar-refractivity contribution in [2.75, 3.05) is 40.0 Å². The zero-order valence-electron chi connectivity index (χ0n) is 16.9. The van der Waals surface area contributed by atoms with Crippen LogP contribution in [0.1, 0.15) is 17.2 Å². The molecule has 1 fully saturated rings. The predicted molar refractivity (Wildman–Crippen MR) is 109 cm³/mol. The number of nitrogens with zero attached hydrogens (tertiary/aromatic N) is 1. The van der Waals surface area contributed by atoms with Crippen LogP contribution in [0.25, 0.3) is 0 Å². The molecule has 0 bridgehead atoms. The molecule has 2 aromatic rings. The molecule has 0 aromatic heterocycles. The Bertz CT molecular complexity index is 836. The minimum absolute atomic E-state index is 0.0892. The SMILES string of the molecule is COc1ccc(C(CNC(=O)C(=O)NCc2ccc(F)cc2)N2CCOCC2)cc1. The summed E-state index contributed by atoms with van der Waals surface area (Å²) in [6.45, 7) is 3.16. The summed E-state index contributed by atoms with van der Waals surface area (Å²) in [7, 11) is 1.61. The fraction of sp³-hybridized carbons (Fsp3) is 0.364. The van der Waals surface area contributed by atoms with Crippen molar-refractivity contribution in [2.24, 2.45) is 0 Å². The van der Waals surface area contributed by atoms with Crippen molar-refractivity contribution < 1.29 is 23.5 Å². The molecule has 1 heterocycles. The molecule has 1 aliphatic heterocycles. The Morgan fingerprint density at radius 2 is 1.67 bits per heavy atom. The summed E-state index contributed by atoms with van der Waals surface area (Å²) in [4.78, 5) is 26.7. The van der Waals surface area contributed by atoms with Gasteiger partial charge in [-0.05, 0) is 35.4 Å². The maximum Gasteiger partial charge on any atom is 0.309 e. The number of ether oxygens (including phenoxy) is 2. The van der Waals surface area contributed by atoms with E-state index in [1.54, 1.807) is 19.2 Å². The van der Waals surface area contributed by atoms with E-state index in [0.717, 1.165) is 24.4 Å². The summed E-state index contributed by atoms with van der Waals surface area (Å²) < 4.78 is 23.6. The highest BCUT2D eigenvalue weighted by Gasteiger charge is 2.24. The van der Waals surface area contributed by atoms with Crippen LogP contribution in [-0.2, 0) is 20.9 Å². The summed E-state index contributed by atoms with van der Waals surface area (Å²) in [5.74, 6) is -1.03. The number of carbonyl (C=O) groups excluding carboxylic acids is 2. The highest BCUT2D eigenvalue weighted by molar-refractivity contribution is 6.35. The van der Waals surface area contributed by atoms with Gasteiger partial charge in [0, 0.05) is 26.2 Å². The number of morpholine rings is 1. The normalized spacial score (nSPS) is 15.3. The Balaban J connectivity index is 1.58. The van der Waals surface area contributed by atoms with Gasteiger partial charge >= 0.3 is 11.8 Å². The lowest BCUT2D eigenvalue weighted by molar-refractivity contribution is -0.139. The molecule has 30 heavy (non-hydrogen) atoms. The van der Waals surface area contributed by atoms with Crippen LogP contribution in [0.3, 0.4) is 0 Å². The van der Waals surface area contributed by atoms with Gasteiger partial charge in [0.2, 0.25) is 0 Å². The fourth-order valence-electron chi connectivity index (χ4n) is 3.31. The van der Waals surface area contributed by atoms with E-state index >= 15 is 0 Å². The summed E-state index contributed by atoms with van der Waals surface area (Å²) >= 11 is 0. The van der Waals surface area contributed by atoms with Crippen LogP contribution in [0.15, 0.2) is 48.5 Å². The molecule has 1 unspecified atom stereocenters. The molecule has 7 nitrogen and oxygen atoms in total. The highest BCUT2D eigenvalue weighted by Crippen LogP contribution is 2.23. The van der Waals surface area contributed by atoms with Gasteiger partial charge in [-0.15, -0.1) is 0 Å². The standard InChI is InChI=1S/C22H26FN3O4/c1-29-19-8-4-17(5-9-19)20(26-10-12-30-13-11-26)15-25-22(28)21(27)24-14-16-2-6-18(23)7-3-16/h2-9,20H,10-15H2,1H3,(H,24,27)(H,25,28). The first kappa shape index (κ1) is 21.7. The second-order valence-corrected chi connectivity index (χ2v) is 6.96. The highest BCUT2D eigenvalue weighted by atomic mass is 19.1. The molecule has 0 spiro atoms. The van der Waals surface area contributed by atoms with E-state index in [0.29, 0.717) is 18.8 Å². The monoisotopic (exact) mass is 415 g/mol. The van der Waals surface area contributed by atoms with Gasteiger partial charge in [-0.1, -0.05) is 24.3 Å². The average molecular weight is 415 g/mol. The first-order valence-corrected chi connectivity index (χ1v) is 9.83. The van der Waals surface area contributed by atoms with Crippen LogP contribution in [0.2, 0.25) is 0 Å². The third kappa shape index (κ3) is 6.01. The molecule has 0 saturated carbocycles. The lowest BCUT2D eigenvalue weighted by Gasteiger charge is -2.34. The number of methoxy groups -OCH3 is 1. The maximum absolute atomic E-state index is 13.0. The number of amides is 2. The quantitative estimate of drug-likeness (QED) is 0.672. The molecule has 160 valence electrons. The van der Waals surface area contributed by atoms with Gasteiger partial charge in [-0.25, -0.2) is 4.39 Å².